The van der Waals surface area contributed by atoms with Crippen molar-refractivity contribution >= 4 is 34.4 Å². The van der Waals surface area contributed by atoms with Gasteiger partial charge in [-0.1, -0.05) is 23.7 Å². The van der Waals surface area contributed by atoms with E-state index in [4.69, 9.17) is 16.3 Å². The third kappa shape index (κ3) is 4.88. The van der Waals surface area contributed by atoms with Crippen LogP contribution in [0.5, 0.6) is 11.8 Å². The predicted molar refractivity (Wildman–Crippen MR) is 118 cm³/mol. The number of carbonyl (C=O) groups is 2. The number of pyridine rings is 1. The lowest BCUT2D eigenvalue weighted by molar-refractivity contribution is -0.134. The van der Waals surface area contributed by atoms with Gasteiger partial charge in [-0.25, -0.2) is 15.0 Å². The number of benzene rings is 1. The molecule has 2 aromatic heterocycles. The Hall–Kier alpha value is -3.46. The molecule has 1 fully saturated rings. The van der Waals surface area contributed by atoms with Crippen LogP contribution >= 0.6 is 11.6 Å². The highest BCUT2D eigenvalue weighted by Crippen LogP contribution is 2.20. The number of halogens is 1. The number of nitrogens with zero attached hydrogens (tertiary/aromatic N) is 4. The van der Waals surface area contributed by atoms with Crippen LogP contribution in [0, 0.1) is 0 Å². The molecule has 0 bridgehead atoms. The smallest absolute Gasteiger partial charge is 0.276 e. The first-order chi connectivity index (χ1) is 15.4. The number of fused-ring (bicyclic) bond motifs is 1. The van der Waals surface area contributed by atoms with Crippen molar-refractivity contribution in [2.45, 2.75) is 31.9 Å². The molecule has 3 aromatic rings. The Morgan fingerprint density at radius 3 is 2.50 bits per heavy atom. The van der Waals surface area contributed by atoms with Crippen LogP contribution in [0.2, 0.25) is 5.02 Å². The molecule has 10 heteroatoms. The van der Waals surface area contributed by atoms with E-state index < -0.39 is 17.8 Å². The Labute approximate surface area is 189 Å². The van der Waals surface area contributed by atoms with Crippen molar-refractivity contribution in [3.8, 4) is 11.8 Å². The number of piperidine rings is 1. The zero-order valence-electron chi connectivity index (χ0n) is 17.4. The van der Waals surface area contributed by atoms with E-state index in [1.165, 1.54) is 6.20 Å². The number of hydrogen-bond acceptors (Lipinski definition) is 7. The zero-order chi connectivity index (χ0) is 22.7. The highest BCUT2D eigenvalue weighted by molar-refractivity contribution is 6.30. The summed E-state index contributed by atoms with van der Waals surface area (Å²) in [5, 5.41) is 13.2. The monoisotopic (exact) mass is 455 g/mol. The minimum absolute atomic E-state index is 0.0533. The Bertz CT molecular complexity index is 1130. The molecule has 9 nitrogen and oxygen atoms in total. The second-order valence-electron chi connectivity index (χ2n) is 7.54. The largest absolute Gasteiger partial charge is 0.492 e. The Morgan fingerprint density at radius 2 is 1.84 bits per heavy atom. The van der Waals surface area contributed by atoms with Gasteiger partial charge in [-0.15, -0.1) is 0 Å². The van der Waals surface area contributed by atoms with Crippen LogP contribution in [-0.2, 0) is 4.79 Å². The summed E-state index contributed by atoms with van der Waals surface area (Å²) in [7, 11) is 0. The highest BCUT2D eigenvalue weighted by atomic mass is 35.5. The van der Waals surface area contributed by atoms with Crippen LogP contribution in [0.25, 0.3) is 11.0 Å². The first kappa shape index (κ1) is 21.8. The average molecular weight is 456 g/mol. The van der Waals surface area contributed by atoms with Gasteiger partial charge in [0.05, 0.1) is 16.1 Å². The Morgan fingerprint density at radius 1 is 1.16 bits per heavy atom. The van der Waals surface area contributed by atoms with Crippen molar-refractivity contribution in [2.24, 2.45) is 0 Å². The van der Waals surface area contributed by atoms with E-state index in [2.05, 4.69) is 20.3 Å². The van der Waals surface area contributed by atoms with Gasteiger partial charge in [-0.2, -0.15) is 0 Å². The molecule has 2 N–H and O–H groups in total. The first-order valence-electron chi connectivity index (χ1n) is 10.2. The maximum absolute atomic E-state index is 12.8. The number of likely N-dealkylation sites (tertiary alicyclic amines) is 1. The molecule has 0 unspecified atom stereocenters. The lowest BCUT2D eigenvalue weighted by Gasteiger charge is -2.33. The first-order valence-corrected chi connectivity index (χ1v) is 10.6. The van der Waals surface area contributed by atoms with E-state index in [1.807, 2.05) is 0 Å². The van der Waals surface area contributed by atoms with Gasteiger partial charge in [0.25, 0.3) is 5.91 Å². The van der Waals surface area contributed by atoms with Crippen LogP contribution in [0.4, 0.5) is 0 Å². The second kappa shape index (κ2) is 9.35. The molecule has 1 aliphatic heterocycles. The van der Waals surface area contributed by atoms with Crippen LogP contribution < -0.4 is 10.1 Å². The quantitative estimate of drug-likeness (QED) is 0.607. The molecule has 2 amide bonds. The lowest BCUT2D eigenvalue weighted by Crippen LogP contribution is -2.50. The molecule has 1 aliphatic rings. The molecule has 0 radical (unpaired) electrons. The van der Waals surface area contributed by atoms with Crippen LogP contribution in [0.15, 0.2) is 42.6 Å². The number of aromatic hydroxyl groups is 1. The van der Waals surface area contributed by atoms with E-state index in [9.17, 15) is 14.7 Å². The van der Waals surface area contributed by atoms with E-state index in [0.717, 1.165) is 0 Å². The van der Waals surface area contributed by atoms with Gasteiger partial charge < -0.3 is 20.1 Å². The molecular formula is C22H22ClN5O4. The van der Waals surface area contributed by atoms with Gasteiger partial charge in [-0.05, 0) is 25.1 Å². The third-order valence-electron chi connectivity index (χ3n) is 5.23. The van der Waals surface area contributed by atoms with Gasteiger partial charge in [-0.3, -0.25) is 9.59 Å². The summed E-state index contributed by atoms with van der Waals surface area (Å²) in [6.07, 6.45) is 2.77. The van der Waals surface area contributed by atoms with Crippen molar-refractivity contribution in [3.63, 3.8) is 0 Å². The highest BCUT2D eigenvalue weighted by Gasteiger charge is 2.29. The van der Waals surface area contributed by atoms with E-state index in [-0.39, 0.29) is 17.7 Å². The van der Waals surface area contributed by atoms with Gasteiger partial charge in [0.1, 0.15) is 12.1 Å². The van der Waals surface area contributed by atoms with Gasteiger partial charge in [0, 0.05) is 38.2 Å². The number of nitrogens with one attached hydrogen (secondary N) is 1. The van der Waals surface area contributed by atoms with Crippen LogP contribution in [0.1, 0.15) is 30.3 Å². The number of amides is 2. The fraction of sp³-hybridized carbons (Fsp3) is 0.318. The van der Waals surface area contributed by atoms with Gasteiger partial charge in [0.2, 0.25) is 17.7 Å². The summed E-state index contributed by atoms with van der Waals surface area (Å²) >= 11 is 5.83. The maximum atomic E-state index is 12.8. The molecule has 0 spiro atoms. The summed E-state index contributed by atoms with van der Waals surface area (Å²) in [5.74, 6) is -0.853. The minimum Gasteiger partial charge on any atom is -0.492 e. The fourth-order valence-corrected chi connectivity index (χ4v) is 3.65. The summed E-state index contributed by atoms with van der Waals surface area (Å²) in [5.41, 5.74) is 0.738. The van der Waals surface area contributed by atoms with Crippen molar-refractivity contribution in [1.29, 1.82) is 0 Å². The number of ether oxygens (including phenoxy) is 1. The maximum Gasteiger partial charge on any atom is 0.276 e. The minimum atomic E-state index is -0.787. The SMILES string of the molecule is C[C@H](NC(=O)c1nc2ccccc2nc1O)C(=O)N1CCC(Oc2ccc(Cl)cn2)CC1. The lowest BCUT2D eigenvalue weighted by atomic mass is 10.1. The van der Waals surface area contributed by atoms with Gasteiger partial charge in [0.15, 0.2) is 5.69 Å². The summed E-state index contributed by atoms with van der Waals surface area (Å²) in [6, 6.07) is 9.54. The fourth-order valence-electron chi connectivity index (χ4n) is 3.54. The standard InChI is InChI=1S/C22H22ClN5O4/c1-13(25-20(29)19-21(30)27-17-5-3-2-4-16(17)26-19)22(31)28-10-8-15(9-11-28)32-18-7-6-14(23)12-24-18/h2-7,12-13,15H,8-11H2,1H3,(H,25,29)(H,27,30)/t13-/m0/s1. The van der Waals surface area contributed by atoms with Crippen molar-refractivity contribution < 1.29 is 19.4 Å². The molecule has 4 rings (SSSR count). The van der Waals surface area contributed by atoms with Gasteiger partial charge >= 0.3 is 0 Å². The molecule has 166 valence electrons. The van der Waals surface area contributed by atoms with Crippen LogP contribution in [0.3, 0.4) is 0 Å². The summed E-state index contributed by atoms with van der Waals surface area (Å²) in [4.78, 5) is 39.4. The van der Waals surface area contributed by atoms with E-state index in [1.54, 1.807) is 48.2 Å². The molecule has 0 saturated carbocycles. The molecule has 1 saturated heterocycles. The van der Waals surface area contributed by atoms with Crippen LogP contribution in [-0.4, -0.2) is 62.0 Å². The number of aromatic nitrogens is 3. The molecule has 0 aliphatic carbocycles. The molecule has 1 aromatic carbocycles. The average Bonchev–Trinajstić information content (AvgIpc) is 2.80. The predicted octanol–water partition coefficient (Wildman–Crippen LogP) is 2.57. The van der Waals surface area contributed by atoms with Crippen molar-refractivity contribution in [3.05, 3.63) is 53.3 Å². The topological polar surface area (TPSA) is 118 Å². The number of rotatable bonds is 5. The normalized spacial score (nSPS) is 15.4. The molecule has 1 atom stereocenters. The number of hydrogen-bond donors (Lipinski definition) is 2. The van der Waals surface area contributed by atoms with Crippen molar-refractivity contribution in [1.82, 2.24) is 25.2 Å². The zero-order valence-corrected chi connectivity index (χ0v) is 18.1. The Balaban J connectivity index is 1.32. The number of para-hydroxylation sites is 2. The molecule has 32 heavy (non-hydrogen) atoms. The van der Waals surface area contributed by atoms with E-state index >= 15 is 0 Å². The van der Waals surface area contributed by atoms with E-state index in [0.29, 0.717) is 47.9 Å². The van der Waals surface area contributed by atoms with Crippen molar-refractivity contribution in [2.75, 3.05) is 13.1 Å². The number of carbonyl (C=O) groups excluding carboxylic acids is 2. The summed E-state index contributed by atoms with van der Waals surface area (Å²) < 4.78 is 5.85. The molecule has 3 heterocycles. The summed E-state index contributed by atoms with van der Waals surface area (Å²) in [6.45, 7) is 2.60. The second-order valence-corrected chi connectivity index (χ2v) is 7.97. The third-order valence-corrected chi connectivity index (χ3v) is 5.45. The molecular weight excluding hydrogens is 434 g/mol. The Kier molecular flexibility index (Phi) is 6.36.